The molecule has 2 aromatic rings. The Morgan fingerprint density at radius 1 is 1.40 bits per heavy atom. The van der Waals surface area contributed by atoms with E-state index in [1.807, 2.05) is 0 Å². The second-order valence-electron chi connectivity index (χ2n) is 3.10. The number of benzene rings is 1. The molecule has 0 saturated carbocycles. The molecule has 0 radical (unpaired) electrons. The smallest absolute Gasteiger partial charge is 0.250 e. The van der Waals surface area contributed by atoms with Crippen molar-refractivity contribution in [2.24, 2.45) is 5.73 Å². The van der Waals surface area contributed by atoms with E-state index in [0.717, 1.165) is 5.56 Å². The quantitative estimate of drug-likeness (QED) is 0.627. The van der Waals surface area contributed by atoms with Crippen molar-refractivity contribution in [2.45, 2.75) is 0 Å². The van der Waals surface area contributed by atoms with Crippen LogP contribution in [0, 0.1) is 0 Å². The Balaban J connectivity index is 2.52. The first-order valence-corrected chi connectivity index (χ1v) is 4.37. The first-order valence-electron chi connectivity index (χ1n) is 4.37. The van der Waals surface area contributed by atoms with Crippen LogP contribution in [0.2, 0.25) is 0 Å². The van der Waals surface area contributed by atoms with Crippen molar-refractivity contribution < 1.29 is 4.79 Å². The number of aromatic nitrogens is 2. The molecule has 1 aromatic heterocycles. The Morgan fingerprint density at radius 2 is 2.20 bits per heavy atom. The van der Waals surface area contributed by atoms with Crippen LogP contribution in [-0.4, -0.2) is 15.9 Å². The number of H-pyrrole nitrogens is 1. The summed E-state index contributed by atoms with van der Waals surface area (Å²) in [6.45, 7) is 0. The molecule has 0 saturated heterocycles. The van der Waals surface area contributed by atoms with E-state index in [-0.39, 0.29) is 0 Å². The van der Waals surface area contributed by atoms with E-state index in [2.05, 4.69) is 9.97 Å². The van der Waals surface area contributed by atoms with Crippen LogP contribution in [0.3, 0.4) is 0 Å². The minimum atomic E-state index is -0.541. The molecule has 5 nitrogen and oxygen atoms in total. The third-order valence-electron chi connectivity index (χ3n) is 2.09. The fourth-order valence-electron chi connectivity index (χ4n) is 1.34. The summed E-state index contributed by atoms with van der Waals surface area (Å²) >= 11 is 0. The first-order chi connectivity index (χ1) is 7.18. The molecule has 76 valence electrons. The molecule has 2 rings (SSSR count). The number of amides is 1. The maximum Gasteiger partial charge on any atom is 0.250 e. The number of nitrogens with two attached hydrogens (primary N) is 2. The summed E-state index contributed by atoms with van der Waals surface area (Å²) in [6, 6.07) is 5.04. The number of hydrogen-bond donors (Lipinski definition) is 3. The zero-order valence-electron chi connectivity index (χ0n) is 7.90. The molecule has 5 N–H and O–H groups in total. The Morgan fingerprint density at radius 3 is 2.80 bits per heavy atom. The highest BCUT2D eigenvalue weighted by Gasteiger charge is 2.08. The number of nitrogen functional groups attached to an aromatic ring is 1. The van der Waals surface area contributed by atoms with Crippen LogP contribution in [0.1, 0.15) is 10.4 Å². The molecule has 0 aliphatic rings. The predicted molar refractivity (Wildman–Crippen MR) is 57.0 cm³/mol. The topological polar surface area (TPSA) is 97.8 Å². The van der Waals surface area contributed by atoms with Crippen molar-refractivity contribution in [2.75, 3.05) is 5.73 Å². The molecule has 1 amide bonds. The van der Waals surface area contributed by atoms with Gasteiger partial charge in [0, 0.05) is 23.6 Å². The van der Waals surface area contributed by atoms with Gasteiger partial charge < -0.3 is 16.5 Å². The van der Waals surface area contributed by atoms with Gasteiger partial charge >= 0.3 is 0 Å². The van der Waals surface area contributed by atoms with Gasteiger partial charge in [0.25, 0.3) is 5.91 Å². The summed E-state index contributed by atoms with van der Waals surface area (Å²) in [5, 5.41) is 0. The fraction of sp³-hybridized carbons (Fsp3) is 0. The van der Waals surface area contributed by atoms with E-state index in [4.69, 9.17) is 11.5 Å². The van der Waals surface area contributed by atoms with Crippen LogP contribution in [0.25, 0.3) is 11.4 Å². The molecule has 0 aliphatic heterocycles. The van der Waals surface area contributed by atoms with Crippen LogP contribution in [-0.2, 0) is 0 Å². The first kappa shape index (κ1) is 9.26. The fourth-order valence-corrected chi connectivity index (χ4v) is 1.34. The van der Waals surface area contributed by atoms with Crippen molar-refractivity contribution in [1.82, 2.24) is 9.97 Å². The minimum Gasteiger partial charge on any atom is -0.398 e. The van der Waals surface area contributed by atoms with E-state index >= 15 is 0 Å². The van der Waals surface area contributed by atoms with Crippen LogP contribution in [0.15, 0.2) is 30.6 Å². The van der Waals surface area contributed by atoms with Crippen molar-refractivity contribution in [3.05, 3.63) is 36.2 Å². The van der Waals surface area contributed by atoms with Crippen LogP contribution < -0.4 is 11.5 Å². The second kappa shape index (κ2) is 3.45. The molecule has 0 unspecified atom stereocenters. The van der Waals surface area contributed by atoms with Crippen LogP contribution in [0.4, 0.5) is 5.69 Å². The van der Waals surface area contributed by atoms with Crippen molar-refractivity contribution in [3.8, 4) is 11.4 Å². The maximum atomic E-state index is 11.1. The van der Waals surface area contributed by atoms with Gasteiger partial charge in [0.1, 0.15) is 5.82 Å². The van der Waals surface area contributed by atoms with Gasteiger partial charge in [-0.2, -0.15) is 0 Å². The number of rotatable bonds is 2. The lowest BCUT2D eigenvalue weighted by Crippen LogP contribution is -2.13. The van der Waals surface area contributed by atoms with Gasteiger partial charge in [-0.05, 0) is 18.2 Å². The highest BCUT2D eigenvalue weighted by atomic mass is 16.1. The zero-order valence-corrected chi connectivity index (χ0v) is 7.90. The number of aromatic amines is 1. The summed E-state index contributed by atoms with van der Waals surface area (Å²) in [6.07, 6.45) is 3.34. The third-order valence-corrected chi connectivity index (χ3v) is 2.09. The summed E-state index contributed by atoms with van der Waals surface area (Å²) in [5.41, 5.74) is 12.3. The Kier molecular flexibility index (Phi) is 2.13. The molecule has 0 atom stereocenters. The summed E-state index contributed by atoms with van der Waals surface area (Å²) < 4.78 is 0. The average Bonchev–Trinajstić information content (AvgIpc) is 2.71. The Labute approximate surface area is 86.1 Å². The Hall–Kier alpha value is -2.30. The van der Waals surface area contributed by atoms with Gasteiger partial charge in [0.05, 0.1) is 5.56 Å². The predicted octanol–water partition coefficient (Wildman–Crippen LogP) is 0.758. The molecule has 15 heavy (non-hydrogen) atoms. The lowest BCUT2D eigenvalue weighted by molar-refractivity contribution is 0.100. The molecular formula is C10H10N4O. The van der Waals surface area contributed by atoms with Crippen molar-refractivity contribution in [3.63, 3.8) is 0 Å². The normalized spacial score (nSPS) is 10.1. The third kappa shape index (κ3) is 1.67. The number of primary amides is 1. The largest absolute Gasteiger partial charge is 0.398 e. The molecule has 0 fully saturated rings. The lowest BCUT2D eigenvalue weighted by Gasteiger charge is -2.03. The average molecular weight is 202 g/mol. The molecule has 1 aromatic carbocycles. The Bertz CT molecular complexity index is 490. The molecule has 0 spiro atoms. The second-order valence-corrected chi connectivity index (χ2v) is 3.10. The SMILES string of the molecule is NC(=O)c1cc(-c2ncc[nH]2)ccc1N. The molecule has 5 heteroatoms. The summed E-state index contributed by atoms with van der Waals surface area (Å²) in [4.78, 5) is 18.1. The molecule has 0 bridgehead atoms. The monoisotopic (exact) mass is 202 g/mol. The van der Waals surface area contributed by atoms with Gasteiger partial charge in [-0.15, -0.1) is 0 Å². The lowest BCUT2D eigenvalue weighted by atomic mass is 10.1. The van der Waals surface area contributed by atoms with Gasteiger partial charge in [0.15, 0.2) is 0 Å². The number of hydrogen-bond acceptors (Lipinski definition) is 3. The number of anilines is 1. The van der Waals surface area contributed by atoms with Gasteiger partial charge in [-0.25, -0.2) is 4.98 Å². The number of imidazole rings is 1. The number of carbonyl (C=O) groups excluding carboxylic acids is 1. The van der Waals surface area contributed by atoms with Crippen molar-refractivity contribution in [1.29, 1.82) is 0 Å². The molecular weight excluding hydrogens is 192 g/mol. The number of nitrogens with zero attached hydrogens (tertiary/aromatic N) is 1. The van der Waals surface area contributed by atoms with E-state index in [1.165, 1.54) is 0 Å². The molecule has 0 aliphatic carbocycles. The maximum absolute atomic E-state index is 11.1. The van der Waals surface area contributed by atoms with Crippen molar-refractivity contribution >= 4 is 11.6 Å². The molecule has 1 heterocycles. The van der Waals surface area contributed by atoms with E-state index in [0.29, 0.717) is 17.1 Å². The highest BCUT2D eigenvalue weighted by molar-refractivity contribution is 5.99. The van der Waals surface area contributed by atoms with Crippen LogP contribution in [0.5, 0.6) is 0 Å². The van der Waals surface area contributed by atoms with Gasteiger partial charge in [-0.1, -0.05) is 0 Å². The zero-order chi connectivity index (χ0) is 10.8. The summed E-state index contributed by atoms with van der Waals surface area (Å²) in [5.74, 6) is 0.137. The highest BCUT2D eigenvalue weighted by Crippen LogP contribution is 2.20. The van der Waals surface area contributed by atoms with E-state index in [9.17, 15) is 4.79 Å². The van der Waals surface area contributed by atoms with E-state index in [1.54, 1.807) is 30.6 Å². The van der Waals surface area contributed by atoms with Gasteiger partial charge in [0.2, 0.25) is 0 Å². The van der Waals surface area contributed by atoms with E-state index < -0.39 is 5.91 Å². The number of nitrogens with one attached hydrogen (secondary N) is 1. The van der Waals surface area contributed by atoms with Crippen LogP contribution >= 0.6 is 0 Å². The standard InChI is InChI=1S/C10H10N4O/c11-8-2-1-6(5-7(8)9(12)15)10-13-3-4-14-10/h1-5H,11H2,(H2,12,15)(H,13,14). The van der Waals surface area contributed by atoms with Gasteiger partial charge in [-0.3, -0.25) is 4.79 Å². The minimum absolute atomic E-state index is 0.309. The number of carbonyl (C=O) groups is 1. The summed E-state index contributed by atoms with van der Waals surface area (Å²) in [7, 11) is 0.